The molecule has 88 valence electrons. The van der Waals surface area contributed by atoms with Crippen molar-refractivity contribution < 1.29 is 9.18 Å². The van der Waals surface area contributed by atoms with Crippen LogP contribution in [0.2, 0.25) is 0 Å². The summed E-state index contributed by atoms with van der Waals surface area (Å²) in [6.07, 6.45) is 0.404. The van der Waals surface area contributed by atoms with E-state index in [0.717, 1.165) is 5.56 Å². The molecule has 0 saturated carbocycles. The van der Waals surface area contributed by atoms with Crippen LogP contribution in [-0.2, 0) is 0 Å². The molecule has 0 unspecified atom stereocenters. The molecular formula is C13H18FNO. The minimum absolute atomic E-state index is 0.0178. The number of aryl methyl sites for hydroxylation is 1. The van der Waals surface area contributed by atoms with Crippen LogP contribution in [0.15, 0.2) is 18.2 Å². The first-order valence-corrected chi connectivity index (χ1v) is 5.53. The first-order chi connectivity index (χ1) is 7.49. The van der Waals surface area contributed by atoms with Gasteiger partial charge in [0.25, 0.3) is 0 Å². The number of carbonyl (C=O) groups excluding carboxylic acids is 1. The normalized spacial score (nSPS) is 10.8. The van der Waals surface area contributed by atoms with Gasteiger partial charge < -0.3 is 5.32 Å². The zero-order valence-corrected chi connectivity index (χ0v) is 10.0. The molecule has 1 rings (SSSR count). The van der Waals surface area contributed by atoms with Crippen LogP contribution < -0.4 is 5.32 Å². The number of hydrogen-bond donors (Lipinski definition) is 1. The zero-order valence-electron chi connectivity index (χ0n) is 10.0. The van der Waals surface area contributed by atoms with Crippen LogP contribution in [0, 0.1) is 12.7 Å². The van der Waals surface area contributed by atoms with Gasteiger partial charge in [-0.2, -0.15) is 0 Å². The van der Waals surface area contributed by atoms with Gasteiger partial charge >= 0.3 is 0 Å². The SMILES string of the molecule is Cc1cc(F)cc(C(=O)CCNC(C)C)c1. The molecule has 16 heavy (non-hydrogen) atoms. The molecule has 0 saturated heterocycles. The summed E-state index contributed by atoms with van der Waals surface area (Å²) in [6, 6.07) is 4.80. The van der Waals surface area contributed by atoms with Crippen molar-refractivity contribution in [1.82, 2.24) is 5.32 Å². The highest BCUT2D eigenvalue weighted by molar-refractivity contribution is 5.96. The Labute approximate surface area is 95.9 Å². The van der Waals surface area contributed by atoms with E-state index in [9.17, 15) is 9.18 Å². The summed E-state index contributed by atoms with van der Waals surface area (Å²) in [7, 11) is 0. The summed E-state index contributed by atoms with van der Waals surface area (Å²) >= 11 is 0. The molecule has 0 fully saturated rings. The third-order valence-electron chi connectivity index (χ3n) is 2.27. The molecule has 1 aromatic rings. The Kier molecular flexibility index (Phi) is 4.62. The Balaban J connectivity index is 2.59. The maximum atomic E-state index is 13.1. The van der Waals surface area contributed by atoms with Gasteiger partial charge in [0.15, 0.2) is 5.78 Å². The van der Waals surface area contributed by atoms with Crippen molar-refractivity contribution in [3.63, 3.8) is 0 Å². The summed E-state index contributed by atoms with van der Waals surface area (Å²) in [5, 5.41) is 3.16. The van der Waals surface area contributed by atoms with Gasteiger partial charge in [0.1, 0.15) is 5.82 Å². The van der Waals surface area contributed by atoms with Gasteiger partial charge in [-0.3, -0.25) is 4.79 Å². The van der Waals surface area contributed by atoms with E-state index in [1.165, 1.54) is 12.1 Å². The maximum absolute atomic E-state index is 13.1. The monoisotopic (exact) mass is 223 g/mol. The number of halogens is 1. The summed E-state index contributed by atoms with van der Waals surface area (Å²) in [5.41, 5.74) is 1.24. The minimum atomic E-state index is -0.347. The number of Topliss-reactive ketones (excluding diaryl/α,β-unsaturated/α-hetero) is 1. The van der Waals surface area contributed by atoms with E-state index in [-0.39, 0.29) is 11.6 Å². The van der Waals surface area contributed by atoms with Crippen molar-refractivity contribution in [1.29, 1.82) is 0 Å². The van der Waals surface area contributed by atoms with Crippen molar-refractivity contribution in [3.8, 4) is 0 Å². The predicted octanol–water partition coefficient (Wildman–Crippen LogP) is 2.70. The second kappa shape index (κ2) is 5.75. The highest BCUT2D eigenvalue weighted by Crippen LogP contribution is 2.10. The third kappa shape index (κ3) is 4.11. The standard InChI is InChI=1S/C13H18FNO/c1-9(2)15-5-4-13(16)11-6-10(3)7-12(14)8-11/h6-9,15H,4-5H2,1-3H3. The molecule has 0 aliphatic heterocycles. The van der Waals surface area contributed by atoms with Gasteiger partial charge in [0, 0.05) is 24.6 Å². The lowest BCUT2D eigenvalue weighted by molar-refractivity contribution is 0.0981. The van der Waals surface area contributed by atoms with Crippen LogP contribution in [0.5, 0.6) is 0 Å². The summed E-state index contributed by atoms with van der Waals surface area (Å²) in [4.78, 5) is 11.7. The fourth-order valence-electron chi connectivity index (χ4n) is 1.52. The van der Waals surface area contributed by atoms with Crippen molar-refractivity contribution in [2.24, 2.45) is 0 Å². The second-order valence-corrected chi connectivity index (χ2v) is 4.30. The average molecular weight is 223 g/mol. The van der Waals surface area contributed by atoms with Gasteiger partial charge in [-0.05, 0) is 30.7 Å². The molecular weight excluding hydrogens is 205 g/mol. The first kappa shape index (κ1) is 12.8. The van der Waals surface area contributed by atoms with Gasteiger partial charge in [-0.25, -0.2) is 4.39 Å². The third-order valence-corrected chi connectivity index (χ3v) is 2.27. The first-order valence-electron chi connectivity index (χ1n) is 5.53. The van der Waals surface area contributed by atoms with Gasteiger partial charge in [-0.1, -0.05) is 13.8 Å². The molecule has 0 bridgehead atoms. The fraction of sp³-hybridized carbons (Fsp3) is 0.462. The molecule has 0 aliphatic rings. The van der Waals surface area contributed by atoms with Crippen LogP contribution >= 0.6 is 0 Å². The van der Waals surface area contributed by atoms with Gasteiger partial charge in [-0.15, -0.1) is 0 Å². The van der Waals surface area contributed by atoms with E-state index < -0.39 is 0 Å². The molecule has 0 radical (unpaired) electrons. The number of nitrogens with one attached hydrogen (secondary N) is 1. The Morgan fingerprint density at radius 3 is 2.62 bits per heavy atom. The molecule has 1 N–H and O–H groups in total. The van der Waals surface area contributed by atoms with E-state index in [1.807, 2.05) is 13.8 Å². The van der Waals surface area contributed by atoms with Crippen LogP contribution in [0.4, 0.5) is 4.39 Å². The Morgan fingerprint density at radius 1 is 1.38 bits per heavy atom. The molecule has 0 aliphatic carbocycles. The smallest absolute Gasteiger partial charge is 0.164 e. The molecule has 0 amide bonds. The van der Waals surface area contributed by atoms with Gasteiger partial charge in [0.05, 0.1) is 0 Å². The van der Waals surface area contributed by atoms with Crippen LogP contribution in [0.25, 0.3) is 0 Å². The number of ketones is 1. The second-order valence-electron chi connectivity index (χ2n) is 4.30. The van der Waals surface area contributed by atoms with Gasteiger partial charge in [0.2, 0.25) is 0 Å². The summed E-state index contributed by atoms with van der Waals surface area (Å²) in [5.74, 6) is -0.365. The molecule has 0 heterocycles. The van der Waals surface area contributed by atoms with Crippen molar-refractivity contribution >= 4 is 5.78 Å². The topological polar surface area (TPSA) is 29.1 Å². The predicted molar refractivity (Wildman–Crippen MR) is 63.2 cm³/mol. The average Bonchev–Trinajstić information content (AvgIpc) is 2.15. The van der Waals surface area contributed by atoms with Crippen molar-refractivity contribution in [2.75, 3.05) is 6.54 Å². The fourth-order valence-corrected chi connectivity index (χ4v) is 1.52. The van der Waals surface area contributed by atoms with Crippen LogP contribution in [0.3, 0.4) is 0 Å². The molecule has 1 aromatic carbocycles. The number of rotatable bonds is 5. The van der Waals surface area contributed by atoms with Crippen LogP contribution in [-0.4, -0.2) is 18.4 Å². The molecule has 2 nitrogen and oxygen atoms in total. The molecule has 3 heteroatoms. The number of benzene rings is 1. The van der Waals surface area contributed by atoms with Crippen molar-refractivity contribution in [3.05, 3.63) is 35.1 Å². The highest BCUT2D eigenvalue weighted by atomic mass is 19.1. The van der Waals surface area contributed by atoms with Crippen LogP contribution in [0.1, 0.15) is 36.2 Å². The quantitative estimate of drug-likeness (QED) is 0.778. The lowest BCUT2D eigenvalue weighted by Gasteiger charge is -2.07. The van der Waals surface area contributed by atoms with E-state index >= 15 is 0 Å². The molecule has 0 atom stereocenters. The molecule has 0 spiro atoms. The number of hydrogen-bond acceptors (Lipinski definition) is 2. The van der Waals surface area contributed by atoms with Crippen molar-refractivity contribution in [2.45, 2.75) is 33.2 Å². The highest BCUT2D eigenvalue weighted by Gasteiger charge is 2.07. The lowest BCUT2D eigenvalue weighted by Crippen LogP contribution is -2.25. The Morgan fingerprint density at radius 2 is 2.06 bits per heavy atom. The van der Waals surface area contributed by atoms with E-state index in [0.29, 0.717) is 24.6 Å². The summed E-state index contributed by atoms with van der Waals surface area (Å²) < 4.78 is 13.1. The Hall–Kier alpha value is -1.22. The Bertz CT molecular complexity index is 354. The summed E-state index contributed by atoms with van der Waals surface area (Å²) in [6.45, 7) is 6.46. The van der Waals surface area contributed by atoms with E-state index in [4.69, 9.17) is 0 Å². The maximum Gasteiger partial charge on any atom is 0.164 e. The largest absolute Gasteiger partial charge is 0.314 e. The lowest BCUT2D eigenvalue weighted by atomic mass is 10.1. The minimum Gasteiger partial charge on any atom is -0.314 e. The van der Waals surface area contributed by atoms with E-state index in [2.05, 4.69) is 5.32 Å². The molecule has 0 aromatic heterocycles. The van der Waals surface area contributed by atoms with E-state index in [1.54, 1.807) is 13.0 Å². The zero-order chi connectivity index (χ0) is 12.1. The number of carbonyl (C=O) groups is 1.